The number of anilines is 1. The van der Waals surface area contributed by atoms with Crippen LogP contribution in [0.25, 0.3) is 0 Å². The molecular weight excluding hydrogens is 212 g/mol. The molecule has 1 amide bonds. The highest BCUT2D eigenvalue weighted by Crippen LogP contribution is 2.19. The average Bonchev–Trinajstić information content (AvgIpc) is 2.18. The van der Waals surface area contributed by atoms with E-state index in [1.54, 1.807) is 0 Å². The van der Waals surface area contributed by atoms with Gasteiger partial charge in [-0.3, -0.25) is 4.79 Å². The van der Waals surface area contributed by atoms with E-state index in [0.717, 1.165) is 12.2 Å². The van der Waals surface area contributed by atoms with Crippen LogP contribution in [-0.4, -0.2) is 13.0 Å². The van der Waals surface area contributed by atoms with Gasteiger partial charge in [0.2, 0.25) is 5.91 Å². The molecule has 0 atom stereocenters. The fourth-order valence-corrected chi connectivity index (χ4v) is 1.60. The molecule has 0 saturated heterocycles. The summed E-state index contributed by atoms with van der Waals surface area (Å²) in [6.45, 7) is 7.02. The summed E-state index contributed by atoms with van der Waals surface area (Å²) < 4.78 is 0. The van der Waals surface area contributed by atoms with E-state index >= 15 is 0 Å². The van der Waals surface area contributed by atoms with Crippen LogP contribution < -0.4 is 10.6 Å². The van der Waals surface area contributed by atoms with Crippen molar-refractivity contribution in [3.05, 3.63) is 29.8 Å². The Balaban J connectivity index is 2.54. The molecule has 0 spiro atoms. The molecule has 1 aromatic rings. The molecule has 3 heteroatoms. The molecule has 0 heterocycles. The zero-order chi connectivity index (χ0) is 12.9. The van der Waals surface area contributed by atoms with Gasteiger partial charge >= 0.3 is 0 Å². The minimum absolute atomic E-state index is 0.0240. The summed E-state index contributed by atoms with van der Waals surface area (Å²) in [4.78, 5) is 11.7. The lowest BCUT2D eigenvalue weighted by atomic mass is 9.92. The molecule has 0 aliphatic rings. The molecule has 17 heavy (non-hydrogen) atoms. The van der Waals surface area contributed by atoms with Gasteiger partial charge < -0.3 is 10.6 Å². The van der Waals surface area contributed by atoms with Gasteiger partial charge in [0.05, 0.1) is 0 Å². The summed E-state index contributed by atoms with van der Waals surface area (Å²) >= 11 is 0. The van der Waals surface area contributed by atoms with E-state index < -0.39 is 0 Å². The molecule has 0 aromatic heterocycles. The summed E-state index contributed by atoms with van der Waals surface area (Å²) in [6, 6.07) is 7.91. The van der Waals surface area contributed by atoms with Crippen LogP contribution in [0.15, 0.2) is 24.3 Å². The van der Waals surface area contributed by atoms with Gasteiger partial charge in [0, 0.05) is 18.7 Å². The van der Waals surface area contributed by atoms with Gasteiger partial charge in [-0.1, -0.05) is 32.9 Å². The van der Waals surface area contributed by atoms with E-state index in [-0.39, 0.29) is 11.3 Å². The van der Waals surface area contributed by atoms with E-state index in [1.807, 2.05) is 31.3 Å². The number of hydrogen-bond acceptors (Lipinski definition) is 2. The first kappa shape index (κ1) is 13.7. The standard InChI is InChI=1S/C14H22N2O/c1-14(2,3)9-13(17)16-12-7-5-11(6-8-12)10-15-4/h5-8,15H,9-10H2,1-4H3,(H,16,17). The highest BCUT2D eigenvalue weighted by atomic mass is 16.1. The largest absolute Gasteiger partial charge is 0.326 e. The predicted molar refractivity (Wildman–Crippen MR) is 71.9 cm³/mol. The Labute approximate surface area is 104 Å². The predicted octanol–water partition coefficient (Wildman–Crippen LogP) is 2.78. The van der Waals surface area contributed by atoms with Gasteiger partial charge in [0.1, 0.15) is 0 Å². The Morgan fingerprint density at radius 1 is 1.18 bits per heavy atom. The second kappa shape index (κ2) is 5.82. The van der Waals surface area contributed by atoms with Crippen LogP contribution in [0.1, 0.15) is 32.8 Å². The Morgan fingerprint density at radius 3 is 2.24 bits per heavy atom. The summed E-state index contributed by atoms with van der Waals surface area (Å²) in [5, 5.41) is 6.00. The quantitative estimate of drug-likeness (QED) is 0.841. The van der Waals surface area contributed by atoms with Gasteiger partial charge in [-0.25, -0.2) is 0 Å². The summed E-state index contributed by atoms with van der Waals surface area (Å²) in [5.41, 5.74) is 2.09. The maximum absolute atomic E-state index is 11.7. The Hall–Kier alpha value is -1.35. The van der Waals surface area contributed by atoms with Crippen molar-refractivity contribution in [1.82, 2.24) is 5.32 Å². The maximum atomic E-state index is 11.7. The monoisotopic (exact) mass is 234 g/mol. The highest BCUT2D eigenvalue weighted by Gasteiger charge is 2.15. The Bertz CT molecular complexity index is 363. The molecule has 0 aliphatic heterocycles. The van der Waals surface area contributed by atoms with Crippen molar-refractivity contribution < 1.29 is 4.79 Å². The molecule has 3 nitrogen and oxygen atoms in total. The number of carbonyl (C=O) groups excluding carboxylic acids is 1. The first-order valence-corrected chi connectivity index (χ1v) is 5.94. The van der Waals surface area contributed by atoms with E-state index in [1.165, 1.54) is 5.56 Å². The lowest BCUT2D eigenvalue weighted by Gasteiger charge is -2.17. The van der Waals surface area contributed by atoms with E-state index in [2.05, 4.69) is 31.4 Å². The highest BCUT2D eigenvalue weighted by molar-refractivity contribution is 5.91. The topological polar surface area (TPSA) is 41.1 Å². The van der Waals surface area contributed by atoms with Crippen molar-refractivity contribution >= 4 is 11.6 Å². The number of hydrogen-bond donors (Lipinski definition) is 2. The molecule has 1 aromatic carbocycles. The fourth-order valence-electron chi connectivity index (χ4n) is 1.60. The third-order valence-corrected chi connectivity index (χ3v) is 2.31. The number of nitrogens with one attached hydrogen (secondary N) is 2. The lowest BCUT2D eigenvalue weighted by molar-refractivity contribution is -0.117. The minimum atomic E-state index is 0.0240. The van der Waals surface area contributed by atoms with Crippen molar-refractivity contribution in [1.29, 1.82) is 0 Å². The number of carbonyl (C=O) groups is 1. The zero-order valence-corrected chi connectivity index (χ0v) is 11.1. The number of rotatable bonds is 4. The smallest absolute Gasteiger partial charge is 0.224 e. The van der Waals surface area contributed by atoms with Crippen LogP contribution in [0.4, 0.5) is 5.69 Å². The second-order valence-electron chi connectivity index (χ2n) is 5.51. The summed E-state index contributed by atoms with van der Waals surface area (Å²) in [7, 11) is 1.92. The Morgan fingerprint density at radius 2 is 1.76 bits per heavy atom. The van der Waals surface area contributed by atoms with Crippen molar-refractivity contribution in [3.8, 4) is 0 Å². The second-order valence-corrected chi connectivity index (χ2v) is 5.51. The van der Waals surface area contributed by atoms with Crippen molar-refractivity contribution in [2.75, 3.05) is 12.4 Å². The first-order valence-electron chi connectivity index (χ1n) is 5.94. The van der Waals surface area contributed by atoms with Crippen molar-refractivity contribution in [2.45, 2.75) is 33.7 Å². The zero-order valence-electron chi connectivity index (χ0n) is 11.1. The van der Waals surface area contributed by atoms with Gasteiger partial charge in [-0.15, -0.1) is 0 Å². The van der Waals surface area contributed by atoms with Gasteiger partial charge in [-0.05, 0) is 30.2 Å². The molecule has 1 rings (SSSR count). The van der Waals surface area contributed by atoms with Crippen LogP contribution in [0.5, 0.6) is 0 Å². The molecule has 0 aliphatic carbocycles. The van der Waals surface area contributed by atoms with Gasteiger partial charge in [0.15, 0.2) is 0 Å². The average molecular weight is 234 g/mol. The molecule has 0 fully saturated rings. The molecule has 0 saturated carbocycles. The van der Waals surface area contributed by atoms with E-state index in [0.29, 0.717) is 6.42 Å². The number of benzene rings is 1. The van der Waals surface area contributed by atoms with Gasteiger partial charge in [-0.2, -0.15) is 0 Å². The van der Waals surface area contributed by atoms with Crippen LogP contribution >= 0.6 is 0 Å². The van der Waals surface area contributed by atoms with Crippen LogP contribution in [-0.2, 0) is 11.3 Å². The molecule has 0 radical (unpaired) electrons. The van der Waals surface area contributed by atoms with Crippen LogP contribution in [0.3, 0.4) is 0 Å². The van der Waals surface area contributed by atoms with E-state index in [4.69, 9.17) is 0 Å². The van der Waals surface area contributed by atoms with Crippen LogP contribution in [0, 0.1) is 5.41 Å². The van der Waals surface area contributed by atoms with Gasteiger partial charge in [0.25, 0.3) is 0 Å². The van der Waals surface area contributed by atoms with Crippen LogP contribution in [0.2, 0.25) is 0 Å². The Kier molecular flexibility index (Phi) is 4.70. The van der Waals surface area contributed by atoms with E-state index in [9.17, 15) is 4.79 Å². The minimum Gasteiger partial charge on any atom is -0.326 e. The lowest BCUT2D eigenvalue weighted by Crippen LogP contribution is -2.19. The molecular formula is C14H22N2O. The summed E-state index contributed by atoms with van der Waals surface area (Å²) in [6.07, 6.45) is 0.533. The normalized spacial score (nSPS) is 11.3. The molecule has 0 unspecified atom stereocenters. The SMILES string of the molecule is CNCc1ccc(NC(=O)CC(C)(C)C)cc1. The maximum Gasteiger partial charge on any atom is 0.224 e. The fraction of sp³-hybridized carbons (Fsp3) is 0.500. The van der Waals surface area contributed by atoms with Crippen molar-refractivity contribution in [3.63, 3.8) is 0 Å². The third-order valence-electron chi connectivity index (χ3n) is 2.31. The number of amides is 1. The molecule has 94 valence electrons. The first-order chi connectivity index (χ1) is 7.90. The molecule has 0 bridgehead atoms. The molecule has 2 N–H and O–H groups in total. The summed E-state index contributed by atoms with van der Waals surface area (Å²) in [5.74, 6) is 0.0684. The third kappa shape index (κ3) is 5.50. The van der Waals surface area contributed by atoms with Crippen molar-refractivity contribution in [2.24, 2.45) is 5.41 Å².